The zero-order chi connectivity index (χ0) is 24.8. The first kappa shape index (κ1) is 25.7. The number of rotatable bonds is 10. The summed E-state index contributed by atoms with van der Waals surface area (Å²) in [5.41, 5.74) is 4.61. The van der Waals surface area contributed by atoms with E-state index in [0.717, 1.165) is 35.4 Å². The van der Waals surface area contributed by atoms with E-state index in [1.807, 2.05) is 48.6 Å². The zero-order valence-corrected chi connectivity index (χ0v) is 21.8. The molecule has 0 aliphatic heterocycles. The van der Waals surface area contributed by atoms with Crippen LogP contribution in [0.4, 0.5) is 5.69 Å². The molecule has 0 fully saturated rings. The van der Waals surface area contributed by atoms with Gasteiger partial charge in [-0.25, -0.2) is 4.58 Å². The van der Waals surface area contributed by atoms with Crippen LogP contribution >= 0.6 is 0 Å². The van der Waals surface area contributed by atoms with Crippen LogP contribution in [0, 0.1) is 0 Å². The molecule has 1 N–H and O–H groups in total. The lowest BCUT2D eigenvalue weighted by Gasteiger charge is -2.28. The lowest BCUT2D eigenvalue weighted by molar-refractivity contribution is -0.533. The average molecular weight is 462 g/mol. The minimum absolute atomic E-state index is 0.0904. The van der Waals surface area contributed by atoms with Gasteiger partial charge in [-0.05, 0) is 62.1 Å². The maximum Gasteiger partial charge on any atom is 0.201 e. The highest BCUT2D eigenvalue weighted by atomic mass is 16.3. The number of Topliss-reactive ketones (excluding diaryl/α,β-unsaturated/α-hetero) is 1. The fourth-order valence-electron chi connectivity index (χ4n) is 4.56. The van der Waals surface area contributed by atoms with Crippen molar-refractivity contribution in [1.29, 1.82) is 0 Å². The highest BCUT2D eigenvalue weighted by Crippen LogP contribution is 2.39. The number of aliphatic hydroxyl groups is 1. The number of benzene rings is 1. The molecule has 2 aliphatic carbocycles. The fourth-order valence-corrected chi connectivity index (χ4v) is 4.56. The van der Waals surface area contributed by atoms with Gasteiger partial charge in [-0.3, -0.25) is 4.79 Å². The van der Waals surface area contributed by atoms with Gasteiger partial charge in [-0.15, -0.1) is 0 Å². The molecule has 1 aromatic rings. The molecule has 0 aromatic heterocycles. The number of nitrogens with zero attached hydrogens (tertiary/aromatic N) is 2. The predicted octanol–water partition coefficient (Wildman–Crippen LogP) is 6.64. The van der Waals surface area contributed by atoms with E-state index in [2.05, 4.69) is 51.3 Å². The molecule has 2 atom stereocenters. The van der Waals surface area contributed by atoms with Crippen molar-refractivity contribution in [3.63, 3.8) is 0 Å². The van der Waals surface area contributed by atoms with Crippen molar-refractivity contribution in [2.45, 2.75) is 78.3 Å². The predicted molar refractivity (Wildman–Crippen MR) is 144 cm³/mol. The molecule has 0 amide bonds. The van der Waals surface area contributed by atoms with Crippen molar-refractivity contribution >= 4 is 22.8 Å². The van der Waals surface area contributed by atoms with Crippen LogP contribution in [0.2, 0.25) is 0 Å². The number of allylic oxidation sites excluding steroid dienone is 7. The van der Waals surface area contributed by atoms with E-state index in [9.17, 15) is 9.90 Å². The topological polar surface area (TPSA) is 43.5 Å². The molecule has 2 aliphatic rings. The number of unbranched alkanes of at least 4 members (excludes halogenated alkanes) is 2. The second kappa shape index (κ2) is 11.5. The molecule has 0 heterocycles. The first-order valence-corrected chi connectivity index (χ1v) is 12.8. The van der Waals surface area contributed by atoms with Crippen LogP contribution in [0.25, 0.3) is 5.57 Å². The third kappa shape index (κ3) is 5.43. The number of aliphatic hydroxyl groups excluding tert-OH is 1. The molecule has 4 heteroatoms. The maximum atomic E-state index is 13.0. The van der Waals surface area contributed by atoms with E-state index in [4.69, 9.17) is 0 Å². The third-order valence-corrected chi connectivity index (χ3v) is 7.33. The summed E-state index contributed by atoms with van der Waals surface area (Å²) < 4.78 is 2.27. The fraction of sp³-hybridized carbons (Fsp3) is 0.467. The minimum atomic E-state index is -0.0904. The van der Waals surface area contributed by atoms with Crippen LogP contribution in [-0.4, -0.2) is 47.4 Å². The van der Waals surface area contributed by atoms with Crippen LogP contribution in [0.3, 0.4) is 0 Å². The Morgan fingerprint density at radius 3 is 2.06 bits per heavy atom. The van der Waals surface area contributed by atoms with Crippen molar-refractivity contribution in [3.8, 4) is 0 Å². The normalized spacial score (nSPS) is 17.2. The second-order valence-electron chi connectivity index (χ2n) is 9.73. The van der Waals surface area contributed by atoms with Gasteiger partial charge in [0.2, 0.25) is 5.78 Å². The van der Waals surface area contributed by atoms with E-state index in [-0.39, 0.29) is 11.5 Å². The van der Waals surface area contributed by atoms with E-state index in [1.54, 1.807) is 0 Å². The summed E-state index contributed by atoms with van der Waals surface area (Å²) >= 11 is 0. The molecule has 34 heavy (non-hydrogen) atoms. The molecule has 0 radical (unpaired) electrons. The summed E-state index contributed by atoms with van der Waals surface area (Å²) in [5, 5.41) is 10.8. The van der Waals surface area contributed by atoms with Crippen molar-refractivity contribution in [2.24, 2.45) is 0 Å². The van der Waals surface area contributed by atoms with E-state index in [1.165, 1.54) is 25.7 Å². The number of anilines is 1. The first-order valence-electron chi connectivity index (χ1n) is 12.8. The number of ketones is 1. The quantitative estimate of drug-likeness (QED) is 0.314. The van der Waals surface area contributed by atoms with Gasteiger partial charge in [0.15, 0.2) is 5.71 Å². The molecule has 4 nitrogen and oxygen atoms in total. The Bertz CT molecular complexity index is 1040. The molecular formula is C30H41N2O2+. The number of carbonyl (C=O) groups is 1. The number of hydrogen-bond donors (Lipinski definition) is 1. The Morgan fingerprint density at radius 2 is 1.50 bits per heavy atom. The van der Waals surface area contributed by atoms with Crippen LogP contribution in [0.1, 0.15) is 71.8 Å². The lowest BCUT2D eigenvalue weighted by atomic mass is 9.80. The van der Waals surface area contributed by atoms with Gasteiger partial charge in [-0.1, -0.05) is 45.2 Å². The van der Waals surface area contributed by atoms with Gasteiger partial charge in [0.05, 0.1) is 11.1 Å². The largest absolute Gasteiger partial charge is 0.506 e. The molecule has 2 unspecified atom stereocenters. The van der Waals surface area contributed by atoms with E-state index >= 15 is 0 Å². The highest BCUT2D eigenvalue weighted by Gasteiger charge is 2.36. The zero-order valence-electron chi connectivity index (χ0n) is 21.8. The van der Waals surface area contributed by atoms with Crippen molar-refractivity contribution in [2.75, 3.05) is 19.0 Å². The van der Waals surface area contributed by atoms with Crippen molar-refractivity contribution in [1.82, 2.24) is 0 Å². The number of carbonyl (C=O) groups excluding carboxylic acids is 1. The van der Waals surface area contributed by atoms with Gasteiger partial charge in [0, 0.05) is 37.3 Å². The van der Waals surface area contributed by atoms with E-state index < -0.39 is 0 Å². The van der Waals surface area contributed by atoms with Crippen molar-refractivity contribution < 1.29 is 14.5 Å². The molecule has 3 rings (SSSR count). The molecule has 0 bridgehead atoms. The Kier molecular flexibility index (Phi) is 8.71. The Morgan fingerprint density at radius 1 is 0.912 bits per heavy atom. The van der Waals surface area contributed by atoms with Gasteiger partial charge in [0.25, 0.3) is 0 Å². The van der Waals surface area contributed by atoms with Crippen LogP contribution in [-0.2, 0) is 4.79 Å². The van der Waals surface area contributed by atoms with Crippen LogP contribution < -0.4 is 4.90 Å². The van der Waals surface area contributed by atoms with E-state index in [0.29, 0.717) is 23.2 Å². The Labute approximate surface area is 205 Å². The monoisotopic (exact) mass is 461 g/mol. The summed E-state index contributed by atoms with van der Waals surface area (Å²) in [4.78, 5) is 15.3. The summed E-state index contributed by atoms with van der Waals surface area (Å²) in [5.74, 6) is 0.00664. The van der Waals surface area contributed by atoms with Crippen LogP contribution in [0.15, 0.2) is 65.5 Å². The number of hydrogen-bond acceptors (Lipinski definition) is 3. The smallest absolute Gasteiger partial charge is 0.201 e. The third-order valence-electron chi connectivity index (χ3n) is 7.33. The second-order valence-corrected chi connectivity index (χ2v) is 9.73. The Hall–Kier alpha value is -2.88. The first-order chi connectivity index (χ1) is 16.3. The van der Waals surface area contributed by atoms with Gasteiger partial charge >= 0.3 is 0 Å². The molecule has 0 saturated heterocycles. The molecular weight excluding hydrogens is 420 g/mol. The highest BCUT2D eigenvalue weighted by molar-refractivity contribution is 6.39. The summed E-state index contributed by atoms with van der Waals surface area (Å²) in [7, 11) is 4.22. The summed E-state index contributed by atoms with van der Waals surface area (Å²) in [6.45, 7) is 8.90. The summed E-state index contributed by atoms with van der Waals surface area (Å²) in [6.07, 6.45) is 15.1. The Balaban J connectivity index is 1.76. The average Bonchev–Trinajstić information content (AvgIpc) is 2.86. The molecule has 1 aromatic carbocycles. The van der Waals surface area contributed by atoms with Crippen LogP contribution in [0.5, 0.6) is 0 Å². The van der Waals surface area contributed by atoms with Gasteiger partial charge in [0.1, 0.15) is 18.8 Å². The minimum Gasteiger partial charge on any atom is -0.506 e. The van der Waals surface area contributed by atoms with Gasteiger partial charge < -0.3 is 10.0 Å². The standard InChI is InChI=1S/C30H40N2O2/c1-7-9-11-21(3)31(5)25-17-13-23(14-18-25)27-29(33)28(30(27)34)24-15-19-26(20-16-24)32(6)22(4)12-10-8-2/h13-22H,7-12H2,1-6H3/p+1. The molecule has 0 spiro atoms. The molecule has 182 valence electrons. The van der Waals surface area contributed by atoms with Gasteiger partial charge in [-0.2, -0.15) is 0 Å². The van der Waals surface area contributed by atoms with Crippen molar-refractivity contribution in [3.05, 3.63) is 71.0 Å². The SMILES string of the molecule is CCCCC(C)N(C)c1ccc(C2=C(O)C(=C3C=CC(=[N+](C)C(C)CCCC)C=C3)C2=O)cc1. The maximum absolute atomic E-state index is 13.0. The summed E-state index contributed by atoms with van der Waals surface area (Å²) in [6, 6.07) is 8.87. The lowest BCUT2D eigenvalue weighted by Crippen LogP contribution is -2.28. The molecule has 0 saturated carbocycles.